The van der Waals surface area contributed by atoms with Gasteiger partial charge < -0.3 is 9.30 Å². The van der Waals surface area contributed by atoms with E-state index >= 15 is 0 Å². The predicted molar refractivity (Wildman–Crippen MR) is 89.4 cm³/mol. The average molecular weight is 402 g/mol. The lowest BCUT2D eigenvalue weighted by Crippen LogP contribution is -2.08. The van der Waals surface area contributed by atoms with Gasteiger partial charge in [0, 0.05) is 10.0 Å². The summed E-state index contributed by atoms with van der Waals surface area (Å²) in [5.74, 6) is 0.929. The van der Waals surface area contributed by atoms with Crippen LogP contribution < -0.4 is 4.74 Å². The van der Waals surface area contributed by atoms with Crippen molar-refractivity contribution in [2.75, 3.05) is 0 Å². The highest BCUT2D eigenvalue weighted by molar-refractivity contribution is 9.10. The number of ether oxygens (including phenoxy) is 1. The van der Waals surface area contributed by atoms with Crippen molar-refractivity contribution in [3.8, 4) is 5.75 Å². The second-order valence-corrected chi connectivity index (χ2v) is 6.25. The molecule has 0 bridgehead atoms. The highest BCUT2D eigenvalue weighted by Gasteiger charge is 2.14. The van der Waals surface area contributed by atoms with Gasteiger partial charge in [0.2, 0.25) is 0 Å². The van der Waals surface area contributed by atoms with Crippen molar-refractivity contribution in [2.24, 2.45) is 0 Å². The Morgan fingerprint density at radius 2 is 2.04 bits per heavy atom. The summed E-state index contributed by atoms with van der Waals surface area (Å²) in [5.41, 5.74) is 2.27. The van der Waals surface area contributed by atoms with Crippen LogP contribution in [0, 0.1) is 6.92 Å². The molecule has 0 unspecified atom stereocenters. The minimum Gasteiger partial charge on any atom is -0.434 e. The zero-order valence-electron chi connectivity index (χ0n) is 12.1. The van der Waals surface area contributed by atoms with Gasteiger partial charge in [0.1, 0.15) is 11.6 Å². The fourth-order valence-electron chi connectivity index (χ4n) is 2.46. The Bertz CT molecular complexity index is 867. The number of alkyl halides is 2. The molecule has 0 saturated heterocycles. The first kappa shape index (κ1) is 16.2. The van der Waals surface area contributed by atoms with E-state index in [0.29, 0.717) is 17.1 Å². The van der Waals surface area contributed by atoms with Gasteiger partial charge in [-0.05, 0) is 41.1 Å². The molecule has 2 aromatic carbocycles. The van der Waals surface area contributed by atoms with Crippen molar-refractivity contribution in [3.63, 3.8) is 0 Å². The molecule has 0 N–H and O–H groups in total. The quantitative estimate of drug-likeness (QED) is 0.584. The number of nitrogens with zero attached hydrogens (tertiary/aromatic N) is 2. The van der Waals surface area contributed by atoms with Crippen LogP contribution in [0.3, 0.4) is 0 Å². The van der Waals surface area contributed by atoms with Crippen LogP contribution in [-0.4, -0.2) is 16.2 Å². The van der Waals surface area contributed by atoms with Crippen LogP contribution in [-0.2, 0) is 6.54 Å². The lowest BCUT2D eigenvalue weighted by molar-refractivity contribution is -0.0504. The molecular formula is C16H12BrClF2N2O. The summed E-state index contributed by atoms with van der Waals surface area (Å²) >= 11 is 9.49. The van der Waals surface area contributed by atoms with E-state index in [0.717, 1.165) is 21.3 Å². The Balaban J connectivity index is 2.05. The van der Waals surface area contributed by atoms with Crippen LogP contribution in [0.5, 0.6) is 5.75 Å². The van der Waals surface area contributed by atoms with E-state index in [4.69, 9.17) is 11.6 Å². The smallest absolute Gasteiger partial charge is 0.387 e. The van der Waals surface area contributed by atoms with Gasteiger partial charge in [0.15, 0.2) is 0 Å². The topological polar surface area (TPSA) is 27.1 Å². The van der Waals surface area contributed by atoms with Crippen LogP contribution in [0.1, 0.15) is 11.4 Å². The molecule has 120 valence electrons. The zero-order valence-corrected chi connectivity index (χ0v) is 14.4. The lowest BCUT2D eigenvalue weighted by Gasteiger charge is -2.13. The summed E-state index contributed by atoms with van der Waals surface area (Å²) in [6, 6.07) is 10.4. The number of aromatic nitrogens is 2. The molecule has 0 fully saturated rings. The van der Waals surface area contributed by atoms with Crippen LogP contribution in [0.2, 0.25) is 5.02 Å². The van der Waals surface area contributed by atoms with Crippen LogP contribution in [0.4, 0.5) is 8.78 Å². The first-order valence-corrected chi connectivity index (χ1v) is 7.97. The molecule has 1 aromatic heterocycles. The van der Waals surface area contributed by atoms with Crippen molar-refractivity contribution in [3.05, 3.63) is 57.3 Å². The molecule has 0 radical (unpaired) electrons. The molecule has 3 aromatic rings. The third-order valence-corrected chi connectivity index (χ3v) is 4.70. The van der Waals surface area contributed by atoms with Crippen molar-refractivity contribution in [1.82, 2.24) is 9.55 Å². The zero-order chi connectivity index (χ0) is 16.6. The van der Waals surface area contributed by atoms with Crippen LogP contribution in [0.15, 0.2) is 40.9 Å². The number of aryl methyl sites for hydroxylation is 1. The summed E-state index contributed by atoms with van der Waals surface area (Å²) in [5, 5.41) is 0.573. The molecule has 1 heterocycles. The molecule has 23 heavy (non-hydrogen) atoms. The Morgan fingerprint density at radius 1 is 1.30 bits per heavy atom. The van der Waals surface area contributed by atoms with Crippen molar-refractivity contribution in [2.45, 2.75) is 20.1 Å². The average Bonchev–Trinajstić information content (AvgIpc) is 2.77. The van der Waals surface area contributed by atoms with Crippen molar-refractivity contribution >= 4 is 38.6 Å². The number of benzene rings is 2. The second-order valence-electron chi connectivity index (χ2n) is 4.99. The summed E-state index contributed by atoms with van der Waals surface area (Å²) in [4.78, 5) is 4.47. The number of hydrogen-bond acceptors (Lipinski definition) is 2. The van der Waals surface area contributed by atoms with E-state index in [1.807, 2.05) is 17.6 Å². The number of imidazole rings is 1. The molecule has 0 amide bonds. The van der Waals surface area contributed by atoms with E-state index in [1.54, 1.807) is 24.3 Å². The van der Waals surface area contributed by atoms with Gasteiger partial charge in [-0.15, -0.1) is 0 Å². The molecule has 3 nitrogen and oxygen atoms in total. The molecule has 0 spiro atoms. The monoisotopic (exact) mass is 400 g/mol. The SMILES string of the molecule is Cc1nc2cc(Cl)c(Br)cc2n1Cc1ccccc1OC(F)F. The third kappa shape index (κ3) is 3.33. The molecular weight excluding hydrogens is 390 g/mol. The maximum Gasteiger partial charge on any atom is 0.387 e. The Morgan fingerprint density at radius 3 is 2.78 bits per heavy atom. The lowest BCUT2D eigenvalue weighted by atomic mass is 10.2. The van der Waals surface area contributed by atoms with E-state index < -0.39 is 6.61 Å². The molecule has 0 aliphatic carbocycles. The van der Waals surface area contributed by atoms with Gasteiger partial charge >= 0.3 is 6.61 Å². The standard InChI is InChI=1S/C16H12BrClF2N2O/c1-9-21-13-7-12(18)11(17)6-14(13)22(9)8-10-4-2-3-5-15(10)23-16(19)20/h2-7,16H,8H2,1H3. The van der Waals surface area contributed by atoms with Gasteiger partial charge in [-0.2, -0.15) is 8.78 Å². The van der Waals surface area contributed by atoms with E-state index in [1.165, 1.54) is 6.07 Å². The first-order chi connectivity index (χ1) is 11.0. The first-order valence-electron chi connectivity index (χ1n) is 6.80. The van der Waals surface area contributed by atoms with Gasteiger partial charge in [0.25, 0.3) is 0 Å². The van der Waals surface area contributed by atoms with E-state index in [-0.39, 0.29) is 5.75 Å². The normalized spacial score (nSPS) is 11.4. The van der Waals surface area contributed by atoms with Crippen LogP contribution >= 0.6 is 27.5 Å². The fourth-order valence-corrected chi connectivity index (χ4v) is 2.95. The summed E-state index contributed by atoms with van der Waals surface area (Å²) < 4.78 is 32.4. The number of hydrogen-bond donors (Lipinski definition) is 0. The Kier molecular flexibility index (Phi) is 4.55. The Labute approximate surface area is 145 Å². The molecule has 7 heteroatoms. The maximum absolute atomic E-state index is 12.5. The van der Waals surface area contributed by atoms with Crippen LogP contribution in [0.25, 0.3) is 11.0 Å². The third-order valence-electron chi connectivity index (χ3n) is 3.50. The summed E-state index contributed by atoms with van der Waals surface area (Å²) in [6.45, 7) is -0.623. The van der Waals surface area contributed by atoms with Gasteiger partial charge in [-0.3, -0.25) is 0 Å². The minimum atomic E-state index is -2.86. The molecule has 0 aliphatic rings. The minimum absolute atomic E-state index is 0.164. The number of para-hydroxylation sites is 1. The fraction of sp³-hybridized carbons (Fsp3) is 0.188. The van der Waals surface area contributed by atoms with Gasteiger partial charge in [-0.25, -0.2) is 4.98 Å². The highest BCUT2D eigenvalue weighted by atomic mass is 79.9. The van der Waals surface area contributed by atoms with Gasteiger partial charge in [-0.1, -0.05) is 29.8 Å². The molecule has 0 saturated carbocycles. The van der Waals surface area contributed by atoms with E-state index in [2.05, 4.69) is 25.7 Å². The summed E-state index contributed by atoms with van der Waals surface area (Å²) in [6.07, 6.45) is 0. The molecule has 0 atom stereocenters. The number of fused-ring (bicyclic) bond motifs is 1. The van der Waals surface area contributed by atoms with E-state index in [9.17, 15) is 8.78 Å². The number of rotatable bonds is 4. The highest BCUT2D eigenvalue weighted by Crippen LogP contribution is 2.30. The number of halogens is 4. The molecule has 3 rings (SSSR count). The maximum atomic E-state index is 12.5. The largest absolute Gasteiger partial charge is 0.434 e. The predicted octanol–water partition coefficient (Wildman–Crippen LogP) is 5.41. The van der Waals surface area contributed by atoms with Gasteiger partial charge in [0.05, 0.1) is 22.6 Å². The second kappa shape index (κ2) is 6.45. The Hall–Kier alpha value is -1.66. The molecule has 0 aliphatic heterocycles. The van der Waals surface area contributed by atoms with Crippen molar-refractivity contribution < 1.29 is 13.5 Å². The van der Waals surface area contributed by atoms with Crippen molar-refractivity contribution in [1.29, 1.82) is 0 Å². The summed E-state index contributed by atoms with van der Waals surface area (Å²) in [7, 11) is 0.